The third-order valence-corrected chi connectivity index (χ3v) is 7.40. The quantitative estimate of drug-likeness (QED) is 0.687. The Morgan fingerprint density at radius 2 is 1.81 bits per heavy atom. The van der Waals surface area contributed by atoms with Crippen LogP contribution in [0.1, 0.15) is 51.9 Å². The van der Waals surface area contributed by atoms with Crippen molar-refractivity contribution in [2.24, 2.45) is 0 Å². The molecular weight excluding hydrogens is 302 g/mol. The largest absolute Gasteiger partial charge is 0.244 e. The first-order chi connectivity index (χ1) is 10.1. The van der Waals surface area contributed by atoms with Crippen LogP contribution in [0.2, 0.25) is 0 Å². The fourth-order valence-electron chi connectivity index (χ4n) is 2.55. The van der Waals surface area contributed by atoms with Crippen molar-refractivity contribution in [3.05, 3.63) is 30.3 Å². The standard InChI is InChI=1S/C16H25NO2S2/c1-2-3-14-21(18,19)17(15-10-6-4-7-11-15)20-16-12-8-5-9-13-16/h4,6-7,10-11,16H,2-3,5,8-9,12-14H2,1H3. The van der Waals surface area contributed by atoms with Gasteiger partial charge in [-0.25, -0.2) is 12.1 Å². The SMILES string of the molecule is CCCCS(=O)(=O)N(SC1CCCCC1)c1ccccc1. The van der Waals surface area contributed by atoms with Gasteiger partial charge in [-0.15, -0.1) is 0 Å². The van der Waals surface area contributed by atoms with E-state index in [1.165, 1.54) is 31.2 Å². The molecule has 0 radical (unpaired) electrons. The monoisotopic (exact) mass is 327 g/mol. The van der Waals surface area contributed by atoms with Gasteiger partial charge in [-0.3, -0.25) is 0 Å². The van der Waals surface area contributed by atoms with Crippen LogP contribution >= 0.6 is 11.9 Å². The molecule has 1 fully saturated rings. The van der Waals surface area contributed by atoms with Gasteiger partial charge in [-0.2, -0.15) is 0 Å². The van der Waals surface area contributed by atoms with Crippen LogP contribution in [0, 0.1) is 0 Å². The third-order valence-electron chi connectivity index (χ3n) is 3.77. The number of hydrogen-bond acceptors (Lipinski definition) is 3. The molecule has 0 saturated heterocycles. The molecule has 1 saturated carbocycles. The van der Waals surface area contributed by atoms with Gasteiger partial charge in [0.25, 0.3) is 0 Å². The van der Waals surface area contributed by atoms with E-state index < -0.39 is 10.0 Å². The summed E-state index contributed by atoms with van der Waals surface area (Å²) in [5.74, 6) is 0.234. The van der Waals surface area contributed by atoms with Crippen molar-refractivity contribution in [3.8, 4) is 0 Å². The zero-order chi connectivity index (χ0) is 15.1. The van der Waals surface area contributed by atoms with Gasteiger partial charge >= 0.3 is 0 Å². The highest BCUT2D eigenvalue weighted by atomic mass is 32.3. The first kappa shape index (κ1) is 16.7. The first-order valence-electron chi connectivity index (χ1n) is 7.88. The highest BCUT2D eigenvalue weighted by molar-refractivity contribution is 8.14. The van der Waals surface area contributed by atoms with Gasteiger partial charge in [0.05, 0.1) is 11.4 Å². The number of hydrogen-bond donors (Lipinski definition) is 0. The average Bonchev–Trinajstić information content (AvgIpc) is 2.52. The third kappa shape index (κ3) is 4.92. The lowest BCUT2D eigenvalue weighted by Gasteiger charge is -2.29. The van der Waals surface area contributed by atoms with E-state index >= 15 is 0 Å². The van der Waals surface area contributed by atoms with Gasteiger partial charge in [0.2, 0.25) is 10.0 Å². The molecule has 0 heterocycles. The number of rotatable bonds is 7. The van der Waals surface area contributed by atoms with Crippen LogP contribution in [0.15, 0.2) is 30.3 Å². The van der Waals surface area contributed by atoms with Crippen LogP contribution in [-0.4, -0.2) is 19.4 Å². The summed E-state index contributed by atoms with van der Waals surface area (Å²) in [4.78, 5) is 0. The first-order valence-corrected chi connectivity index (χ1v) is 10.3. The molecule has 2 rings (SSSR count). The summed E-state index contributed by atoms with van der Waals surface area (Å²) in [5, 5.41) is 0.426. The van der Waals surface area contributed by atoms with E-state index in [9.17, 15) is 8.42 Å². The molecule has 0 aliphatic heterocycles. The van der Waals surface area contributed by atoms with E-state index in [1.54, 1.807) is 3.71 Å². The van der Waals surface area contributed by atoms with Crippen LogP contribution in [-0.2, 0) is 10.0 Å². The van der Waals surface area contributed by atoms with Crippen LogP contribution < -0.4 is 3.71 Å². The van der Waals surface area contributed by atoms with E-state index in [-0.39, 0.29) is 5.75 Å². The van der Waals surface area contributed by atoms with E-state index in [4.69, 9.17) is 0 Å². The maximum absolute atomic E-state index is 12.7. The molecule has 1 aliphatic rings. The smallest absolute Gasteiger partial charge is 0.212 e. The highest BCUT2D eigenvalue weighted by Crippen LogP contribution is 2.36. The Hall–Kier alpha value is -0.680. The number of unbranched alkanes of at least 4 members (excludes halogenated alkanes) is 1. The van der Waals surface area contributed by atoms with Crippen molar-refractivity contribution in [3.63, 3.8) is 0 Å². The molecule has 0 spiro atoms. The van der Waals surface area contributed by atoms with E-state index in [2.05, 4.69) is 0 Å². The number of anilines is 1. The maximum Gasteiger partial charge on any atom is 0.244 e. The molecule has 5 heteroatoms. The minimum atomic E-state index is -3.24. The number of sulfonamides is 1. The molecule has 21 heavy (non-hydrogen) atoms. The Morgan fingerprint density at radius 1 is 1.14 bits per heavy atom. The fraction of sp³-hybridized carbons (Fsp3) is 0.625. The molecule has 0 bridgehead atoms. The molecule has 0 N–H and O–H groups in total. The Kier molecular flexibility index (Phi) is 6.42. The van der Waals surface area contributed by atoms with Crippen LogP contribution in [0.4, 0.5) is 5.69 Å². The van der Waals surface area contributed by atoms with Gasteiger partial charge in [0.1, 0.15) is 0 Å². The normalized spacial score (nSPS) is 16.8. The van der Waals surface area contributed by atoms with Gasteiger partial charge in [0.15, 0.2) is 0 Å². The molecule has 0 amide bonds. The Labute approximate surface area is 133 Å². The van der Waals surface area contributed by atoms with Gasteiger partial charge in [0, 0.05) is 5.25 Å². The summed E-state index contributed by atoms with van der Waals surface area (Å²) in [7, 11) is -3.24. The van der Waals surface area contributed by atoms with Crippen molar-refractivity contribution >= 4 is 27.7 Å². The summed E-state index contributed by atoms with van der Waals surface area (Å²) in [6.07, 6.45) is 7.58. The zero-order valence-electron chi connectivity index (χ0n) is 12.7. The van der Waals surface area contributed by atoms with Crippen molar-refractivity contribution in [2.75, 3.05) is 9.46 Å². The summed E-state index contributed by atoms with van der Waals surface area (Å²) in [6, 6.07) is 9.50. The van der Waals surface area contributed by atoms with Gasteiger partial charge < -0.3 is 0 Å². The van der Waals surface area contributed by atoms with Crippen molar-refractivity contribution < 1.29 is 8.42 Å². The predicted molar refractivity (Wildman–Crippen MR) is 92.1 cm³/mol. The predicted octanol–water partition coefficient (Wildman–Crippen LogP) is 4.60. The Morgan fingerprint density at radius 3 is 2.43 bits per heavy atom. The fourth-order valence-corrected chi connectivity index (χ4v) is 5.99. The van der Waals surface area contributed by atoms with Crippen molar-refractivity contribution in [2.45, 2.75) is 57.1 Å². The lowest BCUT2D eigenvalue weighted by molar-refractivity contribution is 0.516. The number of para-hydroxylation sites is 1. The summed E-state index contributed by atoms with van der Waals surface area (Å²) >= 11 is 1.52. The molecule has 1 aliphatic carbocycles. The van der Waals surface area contributed by atoms with Gasteiger partial charge in [-0.1, -0.05) is 50.8 Å². The second-order valence-electron chi connectivity index (χ2n) is 5.60. The zero-order valence-corrected chi connectivity index (χ0v) is 14.3. The van der Waals surface area contributed by atoms with Crippen LogP contribution in [0.3, 0.4) is 0 Å². The van der Waals surface area contributed by atoms with E-state index in [0.29, 0.717) is 5.25 Å². The minimum absolute atomic E-state index is 0.234. The second kappa shape index (κ2) is 8.08. The minimum Gasteiger partial charge on any atom is -0.212 e. The molecular formula is C16H25NO2S2. The average molecular weight is 328 g/mol. The van der Waals surface area contributed by atoms with Crippen molar-refractivity contribution in [1.29, 1.82) is 0 Å². The molecule has 1 aromatic rings. The topological polar surface area (TPSA) is 37.4 Å². The lowest BCUT2D eigenvalue weighted by Crippen LogP contribution is -2.30. The Bertz CT molecular complexity index is 510. The molecule has 0 unspecified atom stereocenters. The molecule has 0 aromatic heterocycles. The lowest BCUT2D eigenvalue weighted by atomic mass is 10.0. The Balaban J connectivity index is 2.17. The van der Waals surface area contributed by atoms with Crippen molar-refractivity contribution in [1.82, 2.24) is 0 Å². The number of benzene rings is 1. The van der Waals surface area contributed by atoms with E-state index in [0.717, 1.165) is 31.4 Å². The second-order valence-corrected chi connectivity index (χ2v) is 9.01. The molecule has 0 atom stereocenters. The summed E-state index contributed by atoms with van der Waals surface area (Å²) in [5.41, 5.74) is 0.782. The molecule has 3 nitrogen and oxygen atoms in total. The summed E-state index contributed by atoms with van der Waals surface area (Å²) < 4.78 is 26.9. The molecule has 118 valence electrons. The number of nitrogens with zero attached hydrogens (tertiary/aromatic N) is 1. The molecule has 1 aromatic carbocycles. The van der Waals surface area contributed by atoms with Crippen LogP contribution in [0.5, 0.6) is 0 Å². The van der Waals surface area contributed by atoms with Gasteiger partial charge in [-0.05, 0) is 43.3 Å². The summed E-state index contributed by atoms with van der Waals surface area (Å²) in [6.45, 7) is 2.02. The van der Waals surface area contributed by atoms with Crippen LogP contribution in [0.25, 0.3) is 0 Å². The highest BCUT2D eigenvalue weighted by Gasteiger charge is 2.27. The maximum atomic E-state index is 12.7. The van der Waals surface area contributed by atoms with E-state index in [1.807, 2.05) is 37.3 Å².